The molecule has 1 aliphatic rings. The summed E-state index contributed by atoms with van der Waals surface area (Å²) in [6, 6.07) is 9.44. The number of nitrogens with zero attached hydrogens (tertiary/aromatic N) is 2. The predicted octanol–water partition coefficient (Wildman–Crippen LogP) is 0.255. The molecule has 0 aromatic heterocycles. The number of hydrogen-bond donors (Lipinski definition) is 1. The van der Waals surface area contributed by atoms with E-state index >= 15 is 0 Å². The maximum absolute atomic E-state index is 12.6. The van der Waals surface area contributed by atoms with Gasteiger partial charge < -0.3 is 10.6 Å². The van der Waals surface area contributed by atoms with Crippen LogP contribution in [0.5, 0.6) is 0 Å². The molecule has 2 N–H and O–H groups in total. The largest absolute Gasteiger partial charge is 0.339 e. The maximum Gasteiger partial charge on any atom is 0.231 e. The second kappa shape index (κ2) is 7.92. The smallest absolute Gasteiger partial charge is 0.231 e. The SMILES string of the molecule is CS(=O)(=O)N1CCN(C(=O)C(CN)c2ccccc2)CC1.Cl. The van der Waals surface area contributed by atoms with Gasteiger partial charge in [-0.25, -0.2) is 8.42 Å². The van der Waals surface area contributed by atoms with Gasteiger partial charge in [-0.05, 0) is 5.56 Å². The first-order valence-electron chi connectivity index (χ1n) is 6.92. The van der Waals surface area contributed by atoms with Crippen molar-refractivity contribution in [1.29, 1.82) is 0 Å². The van der Waals surface area contributed by atoms with E-state index in [9.17, 15) is 13.2 Å². The van der Waals surface area contributed by atoms with E-state index in [1.54, 1.807) is 4.90 Å². The molecule has 1 fully saturated rings. The van der Waals surface area contributed by atoms with Crippen molar-refractivity contribution in [3.8, 4) is 0 Å². The molecule has 0 aliphatic carbocycles. The molecular weight excluding hydrogens is 326 g/mol. The van der Waals surface area contributed by atoms with E-state index in [2.05, 4.69) is 0 Å². The lowest BCUT2D eigenvalue weighted by Crippen LogP contribution is -2.51. The molecule has 124 valence electrons. The highest BCUT2D eigenvalue weighted by molar-refractivity contribution is 7.88. The van der Waals surface area contributed by atoms with Crippen LogP contribution in [0, 0.1) is 0 Å². The van der Waals surface area contributed by atoms with Gasteiger partial charge in [0.2, 0.25) is 15.9 Å². The van der Waals surface area contributed by atoms with Crippen LogP contribution in [0.1, 0.15) is 11.5 Å². The molecule has 0 bridgehead atoms. The van der Waals surface area contributed by atoms with Gasteiger partial charge in [0.05, 0.1) is 12.2 Å². The summed E-state index contributed by atoms with van der Waals surface area (Å²) in [7, 11) is -3.18. The van der Waals surface area contributed by atoms with Crippen LogP contribution in [0.4, 0.5) is 0 Å². The molecule has 0 radical (unpaired) electrons. The van der Waals surface area contributed by atoms with Crippen molar-refractivity contribution in [2.75, 3.05) is 39.0 Å². The summed E-state index contributed by atoms with van der Waals surface area (Å²) in [4.78, 5) is 14.3. The first-order chi connectivity index (χ1) is 9.93. The third-order valence-electron chi connectivity index (χ3n) is 3.76. The molecule has 0 spiro atoms. The van der Waals surface area contributed by atoms with Crippen molar-refractivity contribution >= 4 is 28.3 Å². The number of amides is 1. The lowest BCUT2D eigenvalue weighted by atomic mass is 9.97. The second-order valence-electron chi connectivity index (χ2n) is 5.19. The van der Waals surface area contributed by atoms with Crippen LogP contribution in [-0.2, 0) is 14.8 Å². The molecule has 6 nitrogen and oxygen atoms in total. The van der Waals surface area contributed by atoms with E-state index < -0.39 is 10.0 Å². The van der Waals surface area contributed by atoms with Gasteiger partial charge in [0.25, 0.3) is 0 Å². The number of rotatable bonds is 4. The molecular formula is C14H22ClN3O3S. The van der Waals surface area contributed by atoms with Crippen molar-refractivity contribution < 1.29 is 13.2 Å². The quantitative estimate of drug-likeness (QED) is 0.846. The minimum atomic E-state index is -3.18. The first kappa shape index (κ1) is 18.9. The number of benzene rings is 1. The Morgan fingerprint density at radius 1 is 1.18 bits per heavy atom. The van der Waals surface area contributed by atoms with Crippen molar-refractivity contribution in [3.63, 3.8) is 0 Å². The second-order valence-corrected chi connectivity index (χ2v) is 7.17. The van der Waals surface area contributed by atoms with Crippen molar-refractivity contribution in [3.05, 3.63) is 35.9 Å². The summed E-state index contributed by atoms with van der Waals surface area (Å²) in [6.45, 7) is 1.76. The Labute approximate surface area is 137 Å². The van der Waals surface area contributed by atoms with Crippen molar-refractivity contribution in [2.45, 2.75) is 5.92 Å². The summed E-state index contributed by atoms with van der Waals surface area (Å²) in [5.74, 6) is -0.396. The van der Waals surface area contributed by atoms with Crippen LogP contribution in [0.15, 0.2) is 30.3 Å². The molecule has 1 aliphatic heterocycles. The van der Waals surface area contributed by atoms with E-state index in [0.717, 1.165) is 5.56 Å². The molecule has 1 unspecified atom stereocenters. The van der Waals surface area contributed by atoms with Gasteiger partial charge in [-0.15, -0.1) is 12.4 Å². The highest BCUT2D eigenvalue weighted by Gasteiger charge is 2.30. The number of carbonyl (C=O) groups excluding carboxylic acids is 1. The minimum absolute atomic E-state index is 0. The third kappa shape index (κ3) is 4.42. The van der Waals surface area contributed by atoms with Gasteiger partial charge in [0, 0.05) is 32.7 Å². The Balaban J connectivity index is 0.00000242. The van der Waals surface area contributed by atoms with Gasteiger partial charge >= 0.3 is 0 Å². The van der Waals surface area contributed by atoms with E-state index in [1.807, 2.05) is 30.3 Å². The van der Waals surface area contributed by atoms with Gasteiger partial charge in [0.1, 0.15) is 0 Å². The fraction of sp³-hybridized carbons (Fsp3) is 0.500. The average Bonchev–Trinajstić information content (AvgIpc) is 2.48. The monoisotopic (exact) mass is 347 g/mol. The Kier molecular flexibility index (Phi) is 6.80. The standard InChI is InChI=1S/C14H21N3O3S.ClH/c1-21(19,20)17-9-7-16(8-10-17)14(18)13(11-15)12-5-3-2-4-6-12;/h2-6,13H,7-11,15H2,1H3;1H. The fourth-order valence-corrected chi connectivity index (χ4v) is 3.35. The van der Waals surface area contributed by atoms with E-state index in [0.29, 0.717) is 26.2 Å². The van der Waals surface area contributed by atoms with Crippen LogP contribution >= 0.6 is 12.4 Å². The van der Waals surface area contributed by atoms with Crippen LogP contribution in [-0.4, -0.2) is 62.5 Å². The Morgan fingerprint density at radius 2 is 1.73 bits per heavy atom. The van der Waals surface area contributed by atoms with Crippen LogP contribution < -0.4 is 5.73 Å². The number of sulfonamides is 1. The molecule has 1 aromatic carbocycles. The number of halogens is 1. The van der Waals surface area contributed by atoms with Crippen LogP contribution in [0.2, 0.25) is 0 Å². The van der Waals surface area contributed by atoms with Gasteiger partial charge in [-0.1, -0.05) is 30.3 Å². The predicted molar refractivity (Wildman–Crippen MR) is 88.5 cm³/mol. The Morgan fingerprint density at radius 3 is 2.18 bits per heavy atom. The average molecular weight is 348 g/mol. The fourth-order valence-electron chi connectivity index (χ4n) is 2.53. The highest BCUT2D eigenvalue weighted by Crippen LogP contribution is 2.18. The molecule has 1 heterocycles. The topological polar surface area (TPSA) is 83.7 Å². The normalized spacial score (nSPS) is 17.6. The van der Waals surface area contributed by atoms with Crippen molar-refractivity contribution in [2.24, 2.45) is 5.73 Å². The molecule has 0 saturated carbocycles. The van der Waals surface area contributed by atoms with Crippen LogP contribution in [0.3, 0.4) is 0 Å². The molecule has 22 heavy (non-hydrogen) atoms. The van der Waals surface area contributed by atoms with E-state index in [1.165, 1.54) is 10.6 Å². The summed E-state index contributed by atoms with van der Waals surface area (Å²) in [5, 5.41) is 0. The summed E-state index contributed by atoms with van der Waals surface area (Å²) in [6.07, 6.45) is 1.19. The Hall–Kier alpha value is -1.15. The first-order valence-corrected chi connectivity index (χ1v) is 8.77. The third-order valence-corrected chi connectivity index (χ3v) is 5.06. The number of hydrogen-bond acceptors (Lipinski definition) is 4. The van der Waals surface area contributed by atoms with Crippen LogP contribution in [0.25, 0.3) is 0 Å². The molecule has 1 saturated heterocycles. The molecule has 8 heteroatoms. The van der Waals surface area contributed by atoms with Gasteiger partial charge in [-0.3, -0.25) is 4.79 Å². The van der Waals surface area contributed by atoms with E-state index in [-0.39, 0.29) is 30.8 Å². The zero-order chi connectivity index (χ0) is 15.5. The summed E-state index contributed by atoms with van der Waals surface area (Å²) < 4.78 is 24.4. The lowest BCUT2D eigenvalue weighted by molar-refractivity contribution is -0.133. The Bertz CT molecular complexity index is 587. The van der Waals surface area contributed by atoms with Gasteiger partial charge in [0.15, 0.2) is 0 Å². The lowest BCUT2D eigenvalue weighted by Gasteiger charge is -2.35. The molecule has 1 atom stereocenters. The van der Waals surface area contributed by atoms with E-state index in [4.69, 9.17) is 5.73 Å². The minimum Gasteiger partial charge on any atom is -0.339 e. The summed E-state index contributed by atoms with van der Waals surface area (Å²) in [5.41, 5.74) is 6.65. The maximum atomic E-state index is 12.6. The molecule has 2 rings (SSSR count). The summed E-state index contributed by atoms with van der Waals surface area (Å²) >= 11 is 0. The van der Waals surface area contributed by atoms with Crippen molar-refractivity contribution in [1.82, 2.24) is 9.21 Å². The zero-order valence-electron chi connectivity index (χ0n) is 12.5. The number of piperazine rings is 1. The number of nitrogens with two attached hydrogens (primary N) is 1. The number of carbonyl (C=O) groups is 1. The zero-order valence-corrected chi connectivity index (χ0v) is 14.1. The molecule has 1 aromatic rings. The van der Waals surface area contributed by atoms with Gasteiger partial charge in [-0.2, -0.15) is 4.31 Å². The molecule has 1 amide bonds. The highest BCUT2D eigenvalue weighted by atomic mass is 35.5.